The lowest BCUT2D eigenvalue weighted by Crippen LogP contribution is -2.38. The van der Waals surface area contributed by atoms with Crippen LogP contribution >= 0.6 is 11.6 Å². The number of nitrogens with zero attached hydrogens (tertiary/aromatic N) is 2. The molecule has 1 fully saturated rings. The minimum absolute atomic E-state index is 0.268. The molecule has 1 saturated carbocycles. The Labute approximate surface area is 115 Å². The monoisotopic (exact) mass is 279 g/mol. The van der Waals surface area contributed by atoms with E-state index >= 15 is 0 Å². The van der Waals surface area contributed by atoms with Gasteiger partial charge in [-0.3, -0.25) is 10.1 Å². The second-order valence-electron chi connectivity index (χ2n) is 4.88. The number of carbonyl (C=O) groups is 1. The summed E-state index contributed by atoms with van der Waals surface area (Å²) in [5.74, 6) is -0.515. The van der Waals surface area contributed by atoms with Crippen LogP contribution in [0.1, 0.15) is 18.5 Å². The van der Waals surface area contributed by atoms with Crippen LogP contribution in [0.3, 0.4) is 0 Å². The van der Waals surface area contributed by atoms with Gasteiger partial charge in [-0.15, -0.1) is 0 Å². The Morgan fingerprint density at radius 1 is 1.53 bits per heavy atom. The molecule has 6 heteroatoms. The van der Waals surface area contributed by atoms with Crippen LogP contribution < -0.4 is 5.32 Å². The summed E-state index contributed by atoms with van der Waals surface area (Å²) in [4.78, 5) is 15.5. The largest absolute Gasteiger partial charge is 0.480 e. The van der Waals surface area contributed by atoms with Crippen LogP contribution in [0.25, 0.3) is 5.65 Å². The van der Waals surface area contributed by atoms with E-state index < -0.39 is 12.0 Å². The summed E-state index contributed by atoms with van der Waals surface area (Å²) >= 11 is 5.90. The molecule has 1 atom stereocenters. The molecule has 0 bridgehead atoms. The number of hydrogen-bond acceptors (Lipinski definition) is 3. The zero-order valence-corrected chi connectivity index (χ0v) is 11.0. The van der Waals surface area contributed by atoms with E-state index in [1.807, 2.05) is 16.7 Å². The molecule has 1 aliphatic rings. The Morgan fingerprint density at radius 3 is 3.00 bits per heavy atom. The lowest BCUT2D eigenvalue weighted by Gasteiger charge is -2.11. The molecule has 19 heavy (non-hydrogen) atoms. The van der Waals surface area contributed by atoms with Gasteiger partial charge in [0.15, 0.2) is 0 Å². The average Bonchev–Trinajstić information content (AvgIpc) is 3.09. The summed E-state index contributed by atoms with van der Waals surface area (Å²) in [5.41, 5.74) is 1.62. The molecule has 2 heterocycles. The fourth-order valence-corrected chi connectivity index (χ4v) is 2.37. The predicted octanol–water partition coefficient (Wildman–Crippen LogP) is 1.94. The number of carboxylic acids is 1. The second kappa shape index (κ2) is 4.83. The van der Waals surface area contributed by atoms with Gasteiger partial charge in [0.25, 0.3) is 0 Å². The van der Waals surface area contributed by atoms with Crippen molar-refractivity contribution in [3.05, 3.63) is 35.2 Å². The van der Waals surface area contributed by atoms with E-state index in [1.165, 1.54) is 0 Å². The maximum atomic E-state index is 11.1. The zero-order valence-electron chi connectivity index (χ0n) is 10.2. The van der Waals surface area contributed by atoms with Gasteiger partial charge in [-0.25, -0.2) is 4.98 Å². The maximum absolute atomic E-state index is 11.1. The van der Waals surface area contributed by atoms with Gasteiger partial charge in [0.2, 0.25) is 0 Å². The SMILES string of the molecule is O=C(O)C(NCc1cn2cc(Cl)ccc2n1)C1CC1. The van der Waals surface area contributed by atoms with Crippen molar-refractivity contribution in [1.82, 2.24) is 14.7 Å². The van der Waals surface area contributed by atoms with E-state index in [-0.39, 0.29) is 5.92 Å². The molecule has 0 spiro atoms. The van der Waals surface area contributed by atoms with Gasteiger partial charge < -0.3 is 9.51 Å². The van der Waals surface area contributed by atoms with E-state index in [2.05, 4.69) is 10.3 Å². The Kier molecular flexibility index (Phi) is 3.16. The van der Waals surface area contributed by atoms with Crippen LogP contribution in [0, 0.1) is 5.92 Å². The number of hydrogen-bond donors (Lipinski definition) is 2. The van der Waals surface area contributed by atoms with E-state index in [4.69, 9.17) is 16.7 Å². The number of carboxylic acid groups (broad SMARTS) is 1. The van der Waals surface area contributed by atoms with Gasteiger partial charge in [-0.05, 0) is 30.9 Å². The first-order valence-electron chi connectivity index (χ1n) is 6.23. The molecule has 100 valence electrons. The normalized spacial score (nSPS) is 16.7. The number of nitrogens with one attached hydrogen (secondary N) is 1. The second-order valence-corrected chi connectivity index (χ2v) is 5.32. The van der Waals surface area contributed by atoms with Crippen molar-refractivity contribution in [3.8, 4) is 0 Å². The third kappa shape index (κ3) is 2.72. The highest BCUT2D eigenvalue weighted by atomic mass is 35.5. The Balaban J connectivity index is 1.72. The first-order chi connectivity index (χ1) is 9.13. The van der Waals surface area contributed by atoms with Gasteiger partial charge in [0, 0.05) is 18.9 Å². The molecule has 0 saturated heterocycles. The molecule has 1 aliphatic carbocycles. The summed E-state index contributed by atoms with van der Waals surface area (Å²) in [5, 5.41) is 12.8. The minimum Gasteiger partial charge on any atom is -0.480 e. The van der Waals surface area contributed by atoms with Gasteiger partial charge in [-0.2, -0.15) is 0 Å². The summed E-state index contributed by atoms with van der Waals surface area (Å²) in [6, 6.07) is 3.15. The van der Waals surface area contributed by atoms with Crippen molar-refractivity contribution in [3.63, 3.8) is 0 Å². The maximum Gasteiger partial charge on any atom is 0.320 e. The standard InChI is InChI=1S/C13H14ClN3O2/c14-9-3-4-11-16-10(7-17(11)6-9)5-15-12(13(18)19)8-1-2-8/h3-4,6-8,12,15H,1-2,5H2,(H,18,19). The smallest absolute Gasteiger partial charge is 0.320 e. The Hall–Kier alpha value is -1.59. The fourth-order valence-electron chi connectivity index (χ4n) is 2.20. The van der Waals surface area contributed by atoms with E-state index in [0.717, 1.165) is 24.2 Å². The molecule has 0 radical (unpaired) electrons. The molecule has 2 aromatic rings. The number of fused-ring (bicyclic) bond motifs is 1. The highest BCUT2D eigenvalue weighted by Crippen LogP contribution is 2.32. The van der Waals surface area contributed by atoms with Gasteiger partial charge in [0.05, 0.1) is 10.7 Å². The van der Waals surface area contributed by atoms with Crippen LogP contribution in [-0.4, -0.2) is 26.5 Å². The van der Waals surface area contributed by atoms with Crippen LogP contribution in [0.4, 0.5) is 0 Å². The van der Waals surface area contributed by atoms with Crippen molar-refractivity contribution in [1.29, 1.82) is 0 Å². The molecule has 3 rings (SSSR count). The summed E-state index contributed by atoms with van der Waals surface area (Å²) in [6.07, 6.45) is 5.62. The topological polar surface area (TPSA) is 66.6 Å². The lowest BCUT2D eigenvalue weighted by molar-refractivity contribution is -0.140. The zero-order chi connectivity index (χ0) is 13.4. The third-order valence-corrected chi connectivity index (χ3v) is 3.55. The number of aliphatic carboxylic acids is 1. The number of aromatic nitrogens is 2. The molecule has 0 aliphatic heterocycles. The number of halogens is 1. The molecular weight excluding hydrogens is 266 g/mol. The molecule has 0 amide bonds. The molecule has 2 aromatic heterocycles. The molecule has 1 unspecified atom stereocenters. The van der Waals surface area contributed by atoms with Crippen LogP contribution in [0.15, 0.2) is 24.5 Å². The highest BCUT2D eigenvalue weighted by Gasteiger charge is 2.35. The van der Waals surface area contributed by atoms with Crippen molar-refractivity contribution >= 4 is 23.2 Å². The fraction of sp³-hybridized carbons (Fsp3) is 0.385. The lowest BCUT2D eigenvalue weighted by atomic mass is 10.2. The van der Waals surface area contributed by atoms with Crippen LogP contribution in [-0.2, 0) is 11.3 Å². The number of imidazole rings is 1. The van der Waals surface area contributed by atoms with Crippen molar-refractivity contribution in [2.45, 2.75) is 25.4 Å². The third-order valence-electron chi connectivity index (χ3n) is 3.33. The van der Waals surface area contributed by atoms with Gasteiger partial charge in [0.1, 0.15) is 11.7 Å². The number of rotatable bonds is 5. The minimum atomic E-state index is -0.783. The molecule has 2 N–H and O–H groups in total. The predicted molar refractivity (Wildman–Crippen MR) is 71.2 cm³/mol. The highest BCUT2D eigenvalue weighted by molar-refractivity contribution is 6.30. The van der Waals surface area contributed by atoms with Crippen molar-refractivity contribution in [2.75, 3.05) is 0 Å². The first-order valence-corrected chi connectivity index (χ1v) is 6.60. The van der Waals surface area contributed by atoms with E-state index in [1.54, 1.807) is 12.3 Å². The van der Waals surface area contributed by atoms with Crippen molar-refractivity contribution in [2.24, 2.45) is 5.92 Å². The quantitative estimate of drug-likeness (QED) is 0.878. The molecule has 0 aromatic carbocycles. The van der Waals surface area contributed by atoms with E-state index in [9.17, 15) is 4.79 Å². The first kappa shape index (κ1) is 12.4. The Morgan fingerprint density at radius 2 is 2.32 bits per heavy atom. The van der Waals surface area contributed by atoms with E-state index in [0.29, 0.717) is 11.6 Å². The van der Waals surface area contributed by atoms with Gasteiger partial charge >= 0.3 is 5.97 Å². The number of pyridine rings is 1. The summed E-state index contributed by atoms with van der Waals surface area (Å²) in [7, 11) is 0. The summed E-state index contributed by atoms with van der Waals surface area (Å²) < 4.78 is 1.84. The molecule has 5 nitrogen and oxygen atoms in total. The van der Waals surface area contributed by atoms with Crippen molar-refractivity contribution < 1.29 is 9.90 Å². The van der Waals surface area contributed by atoms with Crippen LogP contribution in [0.2, 0.25) is 5.02 Å². The molecular formula is C13H14ClN3O2. The van der Waals surface area contributed by atoms with Crippen LogP contribution in [0.5, 0.6) is 0 Å². The average molecular weight is 280 g/mol. The summed E-state index contributed by atoms with van der Waals surface area (Å²) in [6.45, 7) is 0.451. The Bertz CT molecular complexity index is 621. The van der Waals surface area contributed by atoms with Gasteiger partial charge in [-0.1, -0.05) is 11.6 Å².